The largest absolute Gasteiger partial charge is 0.507 e. The number of hydrogen-bond acceptors (Lipinski definition) is 5. The molecule has 5 heteroatoms. The van der Waals surface area contributed by atoms with Crippen LogP contribution in [0.25, 0.3) is 12.2 Å². The van der Waals surface area contributed by atoms with Gasteiger partial charge in [0.05, 0.1) is 5.69 Å². The number of aryl methyl sites for hydroxylation is 1. The first-order valence-electron chi connectivity index (χ1n) is 6.27. The zero-order chi connectivity index (χ0) is 14.7. The number of aromatic hydroxyl groups is 1. The number of aliphatic hydroxyl groups excluding tert-OH is 1. The van der Waals surface area contributed by atoms with Crippen molar-refractivity contribution in [2.24, 2.45) is 0 Å². The third-order valence-corrected chi connectivity index (χ3v) is 2.99. The van der Waals surface area contributed by atoms with Crippen LogP contribution in [0.3, 0.4) is 0 Å². The Kier molecular flexibility index (Phi) is 4.10. The summed E-state index contributed by atoms with van der Waals surface area (Å²) >= 11 is 0. The number of anilines is 1. The summed E-state index contributed by atoms with van der Waals surface area (Å²) in [5, 5.41) is 19.0. The van der Waals surface area contributed by atoms with Crippen molar-refractivity contribution in [3.8, 4) is 5.75 Å². The van der Waals surface area contributed by atoms with Crippen molar-refractivity contribution in [1.82, 2.24) is 4.98 Å². The number of phenols is 1. The maximum absolute atomic E-state index is 9.96. The van der Waals surface area contributed by atoms with E-state index in [9.17, 15) is 5.11 Å². The average molecular weight is 274 g/mol. The summed E-state index contributed by atoms with van der Waals surface area (Å²) in [5.74, 6) is 1.05. The van der Waals surface area contributed by atoms with Gasteiger partial charge in [0.25, 0.3) is 0 Å². The highest BCUT2D eigenvalue weighted by Crippen LogP contribution is 2.25. The van der Waals surface area contributed by atoms with Gasteiger partial charge in [0.1, 0.15) is 12.4 Å². The van der Waals surface area contributed by atoms with Gasteiger partial charge >= 0.3 is 0 Å². The Balaban J connectivity index is 2.22. The van der Waals surface area contributed by atoms with Crippen molar-refractivity contribution in [1.29, 1.82) is 0 Å². The van der Waals surface area contributed by atoms with Crippen LogP contribution in [0, 0.1) is 6.92 Å². The number of aliphatic hydroxyl groups is 1. The molecule has 2 aromatic rings. The first kappa shape index (κ1) is 14.1. The zero-order valence-electron chi connectivity index (χ0n) is 11.8. The van der Waals surface area contributed by atoms with Gasteiger partial charge in [-0.25, -0.2) is 4.98 Å². The van der Waals surface area contributed by atoms with Crippen LogP contribution in [0.15, 0.2) is 22.6 Å². The van der Waals surface area contributed by atoms with Crippen LogP contribution in [-0.4, -0.2) is 29.3 Å². The lowest BCUT2D eigenvalue weighted by atomic mass is 10.1. The molecule has 2 rings (SSSR count). The molecular weight excluding hydrogens is 256 g/mol. The molecule has 0 unspecified atom stereocenters. The van der Waals surface area contributed by atoms with Crippen LogP contribution in [0.2, 0.25) is 0 Å². The van der Waals surface area contributed by atoms with E-state index in [4.69, 9.17) is 9.52 Å². The topological polar surface area (TPSA) is 69.7 Å². The lowest BCUT2D eigenvalue weighted by molar-refractivity contribution is 0.245. The lowest BCUT2D eigenvalue weighted by Gasteiger charge is -2.13. The van der Waals surface area contributed by atoms with Gasteiger partial charge in [0.15, 0.2) is 5.76 Å². The van der Waals surface area contributed by atoms with E-state index in [0.29, 0.717) is 22.9 Å². The van der Waals surface area contributed by atoms with Gasteiger partial charge in [-0.3, -0.25) is 0 Å². The van der Waals surface area contributed by atoms with Crippen molar-refractivity contribution in [2.45, 2.75) is 13.5 Å². The maximum Gasteiger partial charge on any atom is 0.219 e. The Labute approximate surface area is 117 Å². The van der Waals surface area contributed by atoms with E-state index < -0.39 is 0 Å². The Morgan fingerprint density at radius 3 is 2.60 bits per heavy atom. The van der Waals surface area contributed by atoms with Crippen molar-refractivity contribution in [2.75, 3.05) is 19.0 Å². The Bertz CT molecular complexity index is 630. The van der Waals surface area contributed by atoms with E-state index in [1.165, 1.54) is 0 Å². The van der Waals surface area contributed by atoms with Gasteiger partial charge in [0.2, 0.25) is 5.89 Å². The number of nitrogens with zero attached hydrogens (tertiary/aromatic N) is 2. The second-order valence-corrected chi connectivity index (χ2v) is 4.69. The maximum atomic E-state index is 9.96. The fraction of sp³-hybridized carbons (Fsp3) is 0.267. The number of benzene rings is 1. The molecule has 0 aliphatic carbocycles. The van der Waals surface area contributed by atoms with E-state index in [1.54, 1.807) is 25.1 Å². The van der Waals surface area contributed by atoms with Gasteiger partial charge in [0, 0.05) is 37.5 Å². The van der Waals surface area contributed by atoms with Crippen LogP contribution < -0.4 is 4.90 Å². The summed E-state index contributed by atoms with van der Waals surface area (Å²) in [6.07, 6.45) is 3.39. The molecule has 0 atom stereocenters. The SMILES string of the molecule is Cc1nc(/C=C/c2ccc(N(C)C)cc2O)oc1CO. The zero-order valence-corrected chi connectivity index (χ0v) is 11.8. The predicted molar refractivity (Wildman–Crippen MR) is 78.5 cm³/mol. The number of hydrogen-bond donors (Lipinski definition) is 2. The summed E-state index contributed by atoms with van der Waals surface area (Å²) < 4.78 is 5.35. The molecule has 0 bridgehead atoms. The van der Waals surface area contributed by atoms with Crippen molar-refractivity contribution < 1.29 is 14.6 Å². The van der Waals surface area contributed by atoms with Crippen molar-refractivity contribution in [3.05, 3.63) is 41.1 Å². The van der Waals surface area contributed by atoms with Crippen LogP contribution in [-0.2, 0) is 6.61 Å². The van der Waals surface area contributed by atoms with Crippen LogP contribution in [0.1, 0.15) is 22.9 Å². The molecule has 0 saturated carbocycles. The van der Waals surface area contributed by atoms with Gasteiger partial charge in [-0.1, -0.05) is 0 Å². The van der Waals surface area contributed by atoms with E-state index in [2.05, 4.69) is 4.98 Å². The first-order valence-corrected chi connectivity index (χ1v) is 6.27. The molecule has 0 amide bonds. The molecule has 0 spiro atoms. The Hall–Kier alpha value is -2.27. The minimum Gasteiger partial charge on any atom is -0.507 e. The molecule has 106 valence electrons. The molecule has 2 N–H and O–H groups in total. The van der Waals surface area contributed by atoms with E-state index in [1.807, 2.05) is 31.1 Å². The minimum atomic E-state index is -0.171. The normalized spacial score (nSPS) is 11.2. The molecule has 5 nitrogen and oxygen atoms in total. The fourth-order valence-electron chi connectivity index (χ4n) is 1.78. The van der Waals surface area contributed by atoms with Gasteiger partial charge < -0.3 is 19.5 Å². The molecular formula is C15H18N2O3. The number of phenolic OH excluding ortho intramolecular Hbond substituents is 1. The molecule has 1 aromatic carbocycles. The molecule has 0 saturated heterocycles. The number of aromatic nitrogens is 1. The van der Waals surface area contributed by atoms with Crippen LogP contribution in [0.4, 0.5) is 5.69 Å². The van der Waals surface area contributed by atoms with Crippen molar-refractivity contribution >= 4 is 17.8 Å². The highest BCUT2D eigenvalue weighted by Gasteiger charge is 2.06. The highest BCUT2D eigenvalue weighted by atomic mass is 16.4. The summed E-state index contributed by atoms with van der Waals surface area (Å²) in [7, 11) is 3.83. The third-order valence-electron chi connectivity index (χ3n) is 2.99. The van der Waals surface area contributed by atoms with Gasteiger partial charge in [-0.2, -0.15) is 0 Å². The van der Waals surface area contributed by atoms with Crippen LogP contribution >= 0.6 is 0 Å². The first-order chi connectivity index (χ1) is 9.51. The number of rotatable bonds is 4. The highest BCUT2D eigenvalue weighted by molar-refractivity contribution is 5.71. The van der Waals surface area contributed by atoms with E-state index in [0.717, 1.165) is 5.69 Å². The monoisotopic (exact) mass is 274 g/mol. The molecule has 1 heterocycles. The summed E-state index contributed by atoms with van der Waals surface area (Å²) in [6.45, 7) is 1.60. The molecule has 0 aliphatic rings. The lowest BCUT2D eigenvalue weighted by Crippen LogP contribution is -2.08. The molecule has 0 fully saturated rings. The molecule has 1 aromatic heterocycles. The number of oxazole rings is 1. The third kappa shape index (κ3) is 3.00. The molecule has 0 radical (unpaired) electrons. The summed E-state index contributed by atoms with van der Waals surface area (Å²) in [6, 6.07) is 5.43. The summed E-state index contributed by atoms with van der Waals surface area (Å²) in [5.41, 5.74) is 2.27. The van der Waals surface area contributed by atoms with Crippen molar-refractivity contribution in [3.63, 3.8) is 0 Å². The predicted octanol–water partition coefficient (Wildman–Crippen LogP) is 2.42. The smallest absolute Gasteiger partial charge is 0.219 e. The van der Waals surface area contributed by atoms with E-state index in [-0.39, 0.29) is 12.4 Å². The van der Waals surface area contributed by atoms with E-state index >= 15 is 0 Å². The molecule has 20 heavy (non-hydrogen) atoms. The quantitative estimate of drug-likeness (QED) is 0.896. The second-order valence-electron chi connectivity index (χ2n) is 4.69. The van der Waals surface area contributed by atoms with Crippen LogP contribution in [0.5, 0.6) is 5.75 Å². The van der Waals surface area contributed by atoms with Gasteiger partial charge in [-0.05, 0) is 25.1 Å². The standard InChI is InChI=1S/C15H18N2O3/c1-10-14(9-18)20-15(16-10)7-5-11-4-6-12(17(2)3)8-13(11)19/h4-8,18-19H,9H2,1-3H3/b7-5+. The second kappa shape index (κ2) is 5.79. The van der Waals surface area contributed by atoms with Gasteiger partial charge in [-0.15, -0.1) is 0 Å². The molecule has 0 aliphatic heterocycles. The average Bonchev–Trinajstić information content (AvgIpc) is 2.77. The summed E-state index contributed by atoms with van der Waals surface area (Å²) in [4.78, 5) is 6.08. The Morgan fingerprint density at radius 1 is 1.30 bits per heavy atom. The Morgan fingerprint density at radius 2 is 2.05 bits per heavy atom. The minimum absolute atomic E-state index is 0.171. The fourth-order valence-corrected chi connectivity index (χ4v) is 1.78.